The van der Waals surface area contributed by atoms with Gasteiger partial charge < -0.3 is 5.32 Å². The normalized spacial score (nSPS) is 11.9. The summed E-state index contributed by atoms with van der Waals surface area (Å²) in [4.78, 5) is 11.1. The lowest BCUT2D eigenvalue weighted by Gasteiger charge is -2.13. The van der Waals surface area contributed by atoms with Crippen molar-refractivity contribution in [3.05, 3.63) is 46.5 Å². The van der Waals surface area contributed by atoms with Crippen molar-refractivity contribution in [2.24, 2.45) is 0 Å². The summed E-state index contributed by atoms with van der Waals surface area (Å²) in [5, 5.41) is 3.72. The van der Waals surface area contributed by atoms with Crippen molar-refractivity contribution in [2.45, 2.75) is 13.0 Å². The zero-order valence-corrected chi connectivity index (χ0v) is 9.77. The fourth-order valence-electron chi connectivity index (χ4n) is 1.14. The standard InChI is InChI=1S/C11H11Cl2NO/c1-3-11(15)14-7(2)8-4-5-9(12)10(13)6-8/h3-7H,1H2,2H3,(H,14,15). The fraction of sp³-hybridized carbons (Fsp3) is 0.182. The maximum atomic E-state index is 11.1. The topological polar surface area (TPSA) is 29.1 Å². The lowest BCUT2D eigenvalue weighted by Crippen LogP contribution is -2.24. The Morgan fingerprint density at radius 2 is 2.13 bits per heavy atom. The van der Waals surface area contributed by atoms with Gasteiger partial charge in [-0.2, -0.15) is 0 Å². The largest absolute Gasteiger partial charge is 0.346 e. The molecule has 0 saturated heterocycles. The summed E-state index contributed by atoms with van der Waals surface area (Å²) >= 11 is 11.6. The van der Waals surface area contributed by atoms with Gasteiger partial charge in [0.25, 0.3) is 0 Å². The van der Waals surface area contributed by atoms with Crippen LogP contribution in [-0.2, 0) is 4.79 Å². The molecule has 1 amide bonds. The van der Waals surface area contributed by atoms with E-state index in [9.17, 15) is 4.79 Å². The third kappa shape index (κ3) is 3.26. The average molecular weight is 244 g/mol. The van der Waals surface area contributed by atoms with Crippen LogP contribution in [0.5, 0.6) is 0 Å². The van der Waals surface area contributed by atoms with Gasteiger partial charge in [0.05, 0.1) is 16.1 Å². The molecule has 0 aliphatic carbocycles. The Balaban J connectivity index is 2.82. The van der Waals surface area contributed by atoms with Crippen LogP contribution in [0.1, 0.15) is 18.5 Å². The third-order valence-electron chi connectivity index (χ3n) is 1.99. The summed E-state index contributed by atoms with van der Waals surface area (Å²) < 4.78 is 0. The molecule has 0 aliphatic rings. The molecule has 0 spiro atoms. The quantitative estimate of drug-likeness (QED) is 0.811. The monoisotopic (exact) mass is 243 g/mol. The van der Waals surface area contributed by atoms with Gasteiger partial charge in [0, 0.05) is 0 Å². The molecule has 15 heavy (non-hydrogen) atoms. The molecule has 80 valence electrons. The first kappa shape index (κ1) is 12.1. The number of halogens is 2. The predicted molar refractivity (Wildman–Crippen MR) is 63.2 cm³/mol. The number of carbonyl (C=O) groups excluding carboxylic acids is 1. The van der Waals surface area contributed by atoms with Crippen LogP contribution in [0.25, 0.3) is 0 Å². The molecular formula is C11H11Cl2NO. The number of benzene rings is 1. The molecule has 1 N–H and O–H groups in total. The van der Waals surface area contributed by atoms with Crippen LogP contribution in [-0.4, -0.2) is 5.91 Å². The van der Waals surface area contributed by atoms with Gasteiger partial charge in [-0.25, -0.2) is 0 Å². The highest BCUT2D eigenvalue weighted by atomic mass is 35.5. The lowest BCUT2D eigenvalue weighted by molar-refractivity contribution is -0.117. The molecule has 4 heteroatoms. The number of nitrogens with one attached hydrogen (secondary N) is 1. The SMILES string of the molecule is C=CC(=O)NC(C)c1ccc(Cl)c(Cl)c1. The molecule has 0 radical (unpaired) electrons. The van der Waals surface area contributed by atoms with Crippen LogP contribution >= 0.6 is 23.2 Å². The Kier molecular flexibility index (Phi) is 4.18. The molecular weight excluding hydrogens is 233 g/mol. The van der Waals surface area contributed by atoms with Crippen molar-refractivity contribution < 1.29 is 4.79 Å². The number of carbonyl (C=O) groups is 1. The molecule has 0 bridgehead atoms. The minimum absolute atomic E-state index is 0.120. The van der Waals surface area contributed by atoms with Crippen LogP contribution < -0.4 is 5.32 Å². The number of hydrogen-bond acceptors (Lipinski definition) is 1. The van der Waals surface area contributed by atoms with Gasteiger partial charge in [-0.05, 0) is 30.7 Å². The van der Waals surface area contributed by atoms with Crippen LogP contribution in [0, 0.1) is 0 Å². The van der Waals surface area contributed by atoms with Gasteiger partial charge in [0.1, 0.15) is 0 Å². The second-order valence-corrected chi connectivity index (χ2v) is 3.92. The Morgan fingerprint density at radius 1 is 1.47 bits per heavy atom. The molecule has 2 nitrogen and oxygen atoms in total. The molecule has 0 aromatic heterocycles. The first-order valence-electron chi connectivity index (χ1n) is 4.42. The highest BCUT2D eigenvalue weighted by Gasteiger charge is 2.08. The van der Waals surface area contributed by atoms with Gasteiger partial charge in [0.15, 0.2) is 0 Å². The molecule has 1 rings (SSSR count). The zero-order chi connectivity index (χ0) is 11.4. The Labute approximate surface area is 98.9 Å². The summed E-state index contributed by atoms with van der Waals surface area (Å²) in [6, 6.07) is 5.14. The van der Waals surface area contributed by atoms with Crippen LogP contribution in [0.4, 0.5) is 0 Å². The molecule has 1 atom stereocenters. The summed E-state index contributed by atoms with van der Waals surface area (Å²) in [6.07, 6.45) is 1.23. The highest BCUT2D eigenvalue weighted by Crippen LogP contribution is 2.25. The van der Waals surface area contributed by atoms with Crippen LogP contribution in [0.3, 0.4) is 0 Å². The number of amides is 1. The van der Waals surface area contributed by atoms with E-state index in [0.29, 0.717) is 10.0 Å². The maximum absolute atomic E-state index is 11.1. The van der Waals surface area contributed by atoms with Gasteiger partial charge in [-0.15, -0.1) is 0 Å². The average Bonchev–Trinajstić information content (AvgIpc) is 2.21. The van der Waals surface area contributed by atoms with E-state index in [4.69, 9.17) is 23.2 Å². The lowest BCUT2D eigenvalue weighted by atomic mass is 10.1. The molecule has 1 unspecified atom stereocenters. The zero-order valence-electron chi connectivity index (χ0n) is 8.26. The van der Waals surface area contributed by atoms with Crippen molar-refractivity contribution >= 4 is 29.1 Å². The second kappa shape index (κ2) is 5.19. The van der Waals surface area contributed by atoms with E-state index in [0.717, 1.165) is 5.56 Å². The Morgan fingerprint density at radius 3 is 2.67 bits per heavy atom. The van der Waals surface area contributed by atoms with E-state index in [-0.39, 0.29) is 11.9 Å². The van der Waals surface area contributed by atoms with Gasteiger partial charge in [-0.1, -0.05) is 35.8 Å². The summed E-state index contributed by atoms with van der Waals surface area (Å²) in [7, 11) is 0. The van der Waals surface area contributed by atoms with Crippen molar-refractivity contribution in [1.29, 1.82) is 0 Å². The van der Waals surface area contributed by atoms with E-state index >= 15 is 0 Å². The van der Waals surface area contributed by atoms with Crippen molar-refractivity contribution in [2.75, 3.05) is 0 Å². The number of hydrogen-bond donors (Lipinski definition) is 1. The molecule has 0 fully saturated rings. The van der Waals surface area contributed by atoms with E-state index in [1.54, 1.807) is 12.1 Å². The number of rotatable bonds is 3. The fourth-order valence-corrected chi connectivity index (χ4v) is 1.44. The third-order valence-corrected chi connectivity index (χ3v) is 2.73. The molecule has 1 aromatic carbocycles. The summed E-state index contributed by atoms with van der Waals surface area (Å²) in [6.45, 7) is 5.24. The van der Waals surface area contributed by atoms with E-state index in [1.165, 1.54) is 6.08 Å². The van der Waals surface area contributed by atoms with Gasteiger partial charge in [-0.3, -0.25) is 4.79 Å². The molecule has 1 aromatic rings. The molecule has 0 saturated carbocycles. The smallest absolute Gasteiger partial charge is 0.243 e. The van der Waals surface area contributed by atoms with E-state index in [1.807, 2.05) is 13.0 Å². The highest BCUT2D eigenvalue weighted by molar-refractivity contribution is 6.42. The van der Waals surface area contributed by atoms with Gasteiger partial charge >= 0.3 is 0 Å². The molecule has 0 heterocycles. The minimum Gasteiger partial charge on any atom is -0.346 e. The van der Waals surface area contributed by atoms with Gasteiger partial charge in [0.2, 0.25) is 5.91 Å². The summed E-state index contributed by atoms with van der Waals surface area (Å²) in [5.74, 6) is -0.214. The summed E-state index contributed by atoms with van der Waals surface area (Å²) in [5.41, 5.74) is 0.902. The van der Waals surface area contributed by atoms with Crippen molar-refractivity contribution in [1.82, 2.24) is 5.32 Å². The first-order valence-corrected chi connectivity index (χ1v) is 5.18. The van der Waals surface area contributed by atoms with Crippen molar-refractivity contribution in [3.63, 3.8) is 0 Å². The Bertz CT molecular complexity index is 390. The van der Waals surface area contributed by atoms with Crippen LogP contribution in [0.15, 0.2) is 30.9 Å². The van der Waals surface area contributed by atoms with Crippen LogP contribution in [0.2, 0.25) is 10.0 Å². The Hall–Kier alpha value is -0.990. The minimum atomic E-state index is -0.214. The van der Waals surface area contributed by atoms with E-state index < -0.39 is 0 Å². The maximum Gasteiger partial charge on any atom is 0.243 e. The van der Waals surface area contributed by atoms with Crippen molar-refractivity contribution in [3.8, 4) is 0 Å². The predicted octanol–water partition coefficient (Wildman–Crippen LogP) is 3.36. The second-order valence-electron chi connectivity index (χ2n) is 3.11. The first-order chi connectivity index (χ1) is 7.04. The van der Waals surface area contributed by atoms with E-state index in [2.05, 4.69) is 11.9 Å². The molecule has 0 aliphatic heterocycles.